The van der Waals surface area contributed by atoms with E-state index in [1.807, 2.05) is 95.7 Å². The van der Waals surface area contributed by atoms with Gasteiger partial charge in [-0.05, 0) is 35.4 Å². The fourth-order valence-electron chi connectivity index (χ4n) is 4.11. The Morgan fingerprint density at radius 1 is 0.727 bits per heavy atom. The van der Waals surface area contributed by atoms with Crippen LogP contribution >= 0.6 is 0 Å². The second-order valence-corrected chi connectivity index (χ2v) is 7.88. The van der Waals surface area contributed by atoms with Crippen molar-refractivity contribution >= 4 is 11.5 Å². The monoisotopic (exact) mass is 431 g/mol. The van der Waals surface area contributed by atoms with Gasteiger partial charge in [0.05, 0.1) is 0 Å². The topological polar surface area (TPSA) is 48.1 Å². The van der Waals surface area contributed by atoms with Crippen LogP contribution in [0.3, 0.4) is 0 Å². The summed E-state index contributed by atoms with van der Waals surface area (Å²) in [5, 5.41) is 0. The lowest BCUT2D eigenvalue weighted by Crippen LogP contribution is -2.09. The van der Waals surface area contributed by atoms with Gasteiger partial charge in [-0.2, -0.15) is 0 Å². The molecule has 2 atom stereocenters. The van der Waals surface area contributed by atoms with Crippen LogP contribution < -0.4 is 4.74 Å². The normalized spacial score (nSPS) is 17.5. The Kier molecular flexibility index (Phi) is 4.85. The van der Waals surface area contributed by atoms with Gasteiger partial charge < -0.3 is 13.9 Å². The van der Waals surface area contributed by atoms with Gasteiger partial charge in [0.25, 0.3) is 0 Å². The van der Waals surface area contributed by atoms with E-state index in [1.165, 1.54) is 0 Å². The summed E-state index contributed by atoms with van der Waals surface area (Å²) in [4.78, 5) is 9.80. The number of aromatic nitrogens is 2. The average molecular weight is 431 g/mol. The van der Waals surface area contributed by atoms with Crippen molar-refractivity contribution in [3.8, 4) is 11.5 Å². The number of imidazole rings is 1. The van der Waals surface area contributed by atoms with Gasteiger partial charge in [-0.25, -0.2) is 9.98 Å². The van der Waals surface area contributed by atoms with Crippen LogP contribution in [0, 0.1) is 0 Å². The van der Waals surface area contributed by atoms with E-state index in [2.05, 4.69) is 24.3 Å². The molecule has 1 aliphatic rings. The third-order valence-electron chi connectivity index (χ3n) is 5.69. The molecule has 5 aromatic rings. The number of aliphatic imine (C=N–C) groups is 1. The van der Waals surface area contributed by atoms with E-state index in [1.54, 1.807) is 0 Å². The molecule has 1 aliphatic heterocycles. The van der Waals surface area contributed by atoms with Crippen LogP contribution in [0.2, 0.25) is 0 Å². The summed E-state index contributed by atoms with van der Waals surface area (Å²) < 4.78 is 14.4. The number of nitrogens with zero attached hydrogens (tertiary/aromatic N) is 3. The predicted octanol–water partition coefficient (Wildman–Crippen LogP) is 6.39. The zero-order valence-corrected chi connectivity index (χ0v) is 17.8. The highest BCUT2D eigenvalue weighted by atomic mass is 16.5. The summed E-state index contributed by atoms with van der Waals surface area (Å²) in [5.74, 6) is 1.97. The number of benzene rings is 3. The van der Waals surface area contributed by atoms with Crippen LogP contribution in [-0.4, -0.2) is 15.3 Å². The highest BCUT2D eigenvalue weighted by Gasteiger charge is 2.35. The number of ether oxygens (including phenoxy) is 2. The molecule has 2 aromatic heterocycles. The summed E-state index contributed by atoms with van der Waals surface area (Å²) in [6.07, 6.45) is 3.66. The third-order valence-corrected chi connectivity index (χ3v) is 5.69. The van der Waals surface area contributed by atoms with Gasteiger partial charge in [0.1, 0.15) is 17.5 Å². The minimum absolute atomic E-state index is 0.145. The van der Waals surface area contributed by atoms with Crippen LogP contribution in [0.5, 0.6) is 11.5 Å². The fraction of sp³-hybridized carbons (Fsp3) is 0.0714. The van der Waals surface area contributed by atoms with E-state index in [-0.39, 0.29) is 12.1 Å². The van der Waals surface area contributed by atoms with Gasteiger partial charge in [-0.15, -0.1) is 0 Å². The number of para-hydroxylation sites is 1. The van der Waals surface area contributed by atoms with Gasteiger partial charge in [-0.3, -0.25) is 0 Å². The SMILES string of the molecule is c1ccc(Oc2cccn3cc(C4=N[C@H](c5ccccc5)[C@@H](c5ccccc5)O4)nc23)cc1. The summed E-state index contributed by atoms with van der Waals surface area (Å²) in [5.41, 5.74) is 3.58. The Hall–Kier alpha value is -4.38. The van der Waals surface area contributed by atoms with Crippen molar-refractivity contribution in [1.29, 1.82) is 0 Å². The van der Waals surface area contributed by atoms with E-state index in [9.17, 15) is 0 Å². The molecule has 160 valence electrons. The zero-order valence-electron chi connectivity index (χ0n) is 17.8. The molecule has 0 spiro atoms. The van der Waals surface area contributed by atoms with Gasteiger partial charge in [0, 0.05) is 12.4 Å². The number of hydrogen-bond acceptors (Lipinski definition) is 4. The minimum Gasteiger partial charge on any atom is -0.465 e. The van der Waals surface area contributed by atoms with Crippen LogP contribution in [0.1, 0.15) is 29.0 Å². The summed E-state index contributed by atoms with van der Waals surface area (Å²) in [6.45, 7) is 0. The van der Waals surface area contributed by atoms with E-state index in [0.29, 0.717) is 23.0 Å². The molecule has 0 radical (unpaired) electrons. The van der Waals surface area contributed by atoms with Gasteiger partial charge in [0.15, 0.2) is 17.5 Å². The smallest absolute Gasteiger partial charge is 0.238 e. The lowest BCUT2D eigenvalue weighted by Gasteiger charge is -2.18. The lowest BCUT2D eigenvalue weighted by atomic mass is 9.97. The standard InChI is InChI=1S/C28H21N3O2/c1-4-11-20(12-5-1)25-26(21-13-6-2-7-14-21)33-28(30-25)23-19-31-18-10-17-24(27(31)29-23)32-22-15-8-3-9-16-22/h1-19,25-26H/t25-,26-/m1/s1. The first-order valence-corrected chi connectivity index (χ1v) is 10.9. The fourth-order valence-corrected chi connectivity index (χ4v) is 4.11. The maximum Gasteiger partial charge on any atom is 0.238 e. The van der Waals surface area contributed by atoms with Crippen molar-refractivity contribution in [1.82, 2.24) is 9.38 Å². The largest absolute Gasteiger partial charge is 0.465 e. The first kappa shape index (κ1) is 19.3. The van der Waals surface area contributed by atoms with Gasteiger partial charge >= 0.3 is 0 Å². The Balaban J connectivity index is 1.39. The van der Waals surface area contributed by atoms with Crippen molar-refractivity contribution in [2.24, 2.45) is 4.99 Å². The summed E-state index contributed by atoms with van der Waals surface area (Å²) in [6, 6.07) is 33.9. The molecule has 5 heteroatoms. The van der Waals surface area contributed by atoms with E-state index in [0.717, 1.165) is 16.9 Å². The maximum atomic E-state index is 6.42. The van der Waals surface area contributed by atoms with Crippen LogP contribution in [0.4, 0.5) is 0 Å². The van der Waals surface area contributed by atoms with Crippen LogP contribution in [-0.2, 0) is 4.74 Å². The third kappa shape index (κ3) is 3.74. The number of pyridine rings is 1. The minimum atomic E-state index is -0.214. The molecule has 0 bridgehead atoms. The molecule has 3 aromatic carbocycles. The molecule has 0 saturated carbocycles. The van der Waals surface area contributed by atoms with Crippen LogP contribution in [0.25, 0.3) is 5.65 Å². The maximum absolute atomic E-state index is 6.42. The lowest BCUT2D eigenvalue weighted by molar-refractivity contribution is 0.196. The molecule has 0 N–H and O–H groups in total. The first-order chi connectivity index (χ1) is 16.3. The molecule has 0 aliphatic carbocycles. The predicted molar refractivity (Wildman–Crippen MR) is 128 cm³/mol. The van der Waals surface area contributed by atoms with Gasteiger partial charge in [0.2, 0.25) is 5.90 Å². The van der Waals surface area contributed by atoms with Crippen LogP contribution in [0.15, 0.2) is 121 Å². The Labute approximate surface area is 191 Å². The van der Waals surface area contributed by atoms with Crippen molar-refractivity contribution in [2.75, 3.05) is 0 Å². The summed E-state index contributed by atoms with van der Waals surface area (Å²) >= 11 is 0. The van der Waals surface area contributed by atoms with E-state index in [4.69, 9.17) is 19.5 Å². The number of hydrogen-bond donors (Lipinski definition) is 0. The summed E-state index contributed by atoms with van der Waals surface area (Å²) in [7, 11) is 0. The molecule has 33 heavy (non-hydrogen) atoms. The van der Waals surface area contributed by atoms with Crippen molar-refractivity contribution in [3.05, 3.63) is 132 Å². The van der Waals surface area contributed by atoms with E-state index < -0.39 is 0 Å². The second kappa shape index (κ2) is 8.28. The number of fused-ring (bicyclic) bond motifs is 1. The molecule has 0 fully saturated rings. The Morgan fingerprint density at radius 3 is 2.12 bits per heavy atom. The average Bonchev–Trinajstić information content (AvgIpc) is 3.51. The quantitative estimate of drug-likeness (QED) is 0.324. The molecule has 0 unspecified atom stereocenters. The molecule has 3 heterocycles. The highest BCUT2D eigenvalue weighted by Crippen LogP contribution is 2.41. The molecular formula is C28H21N3O2. The van der Waals surface area contributed by atoms with Crippen molar-refractivity contribution < 1.29 is 9.47 Å². The first-order valence-electron chi connectivity index (χ1n) is 10.9. The molecule has 5 nitrogen and oxygen atoms in total. The second-order valence-electron chi connectivity index (χ2n) is 7.88. The van der Waals surface area contributed by atoms with E-state index >= 15 is 0 Å². The number of rotatable bonds is 5. The van der Waals surface area contributed by atoms with Gasteiger partial charge in [-0.1, -0.05) is 78.9 Å². The Bertz CT molecular complexity index is 1410. The van der Waals surface area contributed by atoms with Crippen molar-refractivity contribution in [2.45, 2.75) is 12.1 Å². The Morgan fingerprint density at radius 2 is 1.39 bits per heavy atom. The molecular weight excluding hydrogens is 410 g/mol. The van der Waals surface area contributed by atoms with Crippen molar-refractivity contribution in [3.63, 3.8) is 0 Å². The zero-order chi connectivity index (χ0) is 22.0. The highest BCUT2D eigenvalue weighted by molar-refractivity contribution is 5.94. The molecule has 0 saturated heterocycles. The molecule has 0 amide bonds. The molecule has 6 rings (SSSR count).